The molecule has 5 nitrogen and oxygen atoms in total. The average molecular weight is 419 g/mol. The summed E-state index contributed by atoms with van der Waals surface area (Å²) in [6.07, 6.45) is 0.0623. The molecule has 3 rings (SSSR count). The van der Waals surface area contributed by atoms with Gasteiger partial charge in [0.2, 0.25) is 0 Å². The van der Waals surface area contributed by atoms with E-state index in [-0.39, 0.29) is 29.8 Å². The lowest BCUT2D eigenvalue weighted by atomic mass is 10.0. The van der Waals surface area contributed by atoms with Gasteiger partial charge in [0.1, 0.15) is 11.4 Å². The summed E-state index contributed by atoms with van der Waals surface area (Å²) in [6, 6.07) is 12.0. The Kier molecular flexibility index (Phi) is 5.96. The molecule has 0 atom stereocenters. The number of amides is 2. The lowest BCUT2D eigenvalue weighted by molar-refractivity contribution is -0.136. The lowest BCUT2D eigenvalue weighted by Crippen LogP contribution is -2.32. The summed E-state index contributed by atoms with van der Waals surface area (Å²) in [7, 11) is 0. The van der Waals surface area contributed by atoms with Crippen LogP contribution in [0.1, 0.15) is 26.3 Å². The number of hydrogen-bond acceptors (Lipinski definition) is 4. The SMILES string of the molecule is CCN1C(=O)C(Nc2ccc(OC(C)C)cc2)=C(c2ccc(Cl)cc2Cl)C1=O. The monoisotopic (exact) mass is 418 g/mol. The number of rotatable bonds is 6. The lowest BCUT2D eigenvalue weighted by Gasteiger charge is -2.13. The maximum atomic E-state index is 12.9. The van der Waals surface area contributed by atoms with E-state index in [1.807, 2.05) is 13.8 Å². The molecule has 0 aromatic heterocycles. The minimum atomic E-state index is -0.393. The van der Waals surface area contributed by atoms with Gasteiger partial charge < -0.3 is 10.1 Å². The molecular formula is C21H20Cl2N2O3. The van der Waals surface area contributed by atoms with Gasteiger partial charge in [-0.05, 0) is 57.2 Å². The molecular weight excluding hydrogens is 399 g/mol. The van der Waals surface area contributed by atoms with E-state index in [2.05, 4.69) is 5.32 Å². The summed E-state index contributed by atoms with van der Waals surface area (Å²) >= 11 is 12.3. The molecule has 0 saturated heterocycles. The summed E-state index contributed by atoms with van der Waals surface area (Å²) in [4.78, 5) is 26.9. The highest BCUT2D eigenvalue weighted by Crippen LogP contribution is 2.35. The van der Waals surface area contributed by atoms with E-state index >= 15 is 0 Å². The minimum absolute atomic E-state index is 0.0623. The Morgan fingerprint density at radius 3 is 2.29 bits per heavy atom. The van der Waals surface area contributed by atoms with Crippen LogP contribution in [-0.2, 0) is 9.59 Å². The number of nitrogens with zero attached hydrogens (tertiary/aromatic N) is 1. The highest BCUT2D eigenvalue weighted by Gasteiger charge is 2.39. The topological polar surface area (TPSA) is 58.6 Å². The van der Waals surface area contributed by atoms with E-state index in [1.54, 1.807) is 49.4 Å². The fraction of sp³-hybridized carbons (Fsp3) is 0.238. The van der Waals surface area contributed by atoms with Crippen LogP contribution in [0.2, 0.25) is 10.0 Å². The zero-order valence-corrected chi connectivity index (χ0v) is 17.3. The molecule has 7 heteroatoms. The van der Waals surface area contributed by atoms with Crippen LogP contribution in [0.15, 0.2) is 48.2 Å². The van der Waals surface area contributed by atoms with Crippen LogP contribution in [-0.4, -0.2) is 29.4 Å². The number of carbonyl (C=O) groups is 2. The maximum absolute atomic E-state index is 12.9. The number of ether oxygens (including phenoxy) is 1. The van der Waals surface area contributed by atoms with Crippen molar-refractivity contribution in [2.45, 2.75) is 26.9 Å². The van der Waals surface area contributed by atoms with Gasteiger partial charge in [0, 0.05) is 22.8 Å². The van der Waals surface area contributed by atoms with Crippen molar-refractivity contribution in [1.29, 1.82) is 0 Å². The van der Waals surface area contributed by atoms with Crippen molar-refractivity contribution < 1.29 is 14.3 Å². The number of carbonyl (C=O) groups excluding carboxylic acids is 2. The summed E-state index contributed by atoms with van der Waals surface area (Å²) in [6.45, 7) is 5.90. The van der Waals surface area contributed by atoms with Gasteiger partial charge in [-0.1, -0.05) is 29.3 Å². The number of likely N-dealkylation sites (N-methyl/N-ethyl adjacent to an activating group) is 1. The van der Waals surface area contributed by atoms with E-state index < -0.39 is 5.91 Å². The first-order chi connectivity index (χ1) is 13.3. The van der Waals surface area contributed by atoms with E-state index in [1.165, 1.54) is 4.90 Å². The molecule has 1 heterocycles. The van der Waals surface area contributed by atoms with Crippen molar-refractivity contribution in [2.24, 2.45) is 0 Å². The third kappa shape index (κ3) is 4.01. The third-order valence-electron chi connectivity index (χ3n) is 4.18. The normalized spacial score (nSPS) is 14.3. The van der Waals surface area contributed by atoms with Gasteiger partial charge in [-0.15, -0.1) is 0 Å². The number of halogens is 2. The summed E-state index contributed by atoms with van der Waals surface area (Å²) in [5, 5.41) is 3.84. The minimum Gasteiger partial charge on any atom is -0.491 e. The van der Waals surface area contributed by atoms with Crippen LogP contribution in [0.3, 0.4) is 0 Å². The average Bonchev–Trinajstić information content (AvgIpc) is 2.86. The molecule has 1 aliphatic heterocycles. The fourth-order valence-corrected chi connectivity index (χ4v) is 3.46. The second kappa shape index (κ2) is 8.25. The predicted octanol–water partition coefficient (Wildman–Crippen LogP) is 4.99. The molecule has 0 bridgehead atoms. The molecule has 2 aromatic rings. The predicted molar refractivity (Wildman–Crippen MR) is 112 cm³/mol. The molecule has 0 aliphatic carbocycles. The molecule has 0 fully saturated rings. The smallest absolute Gasteiger partial charge is 0.278 e. The third-order valence-corrected chi connectivity index (χ3v) is 4.73. The van der Waals surface area contributed by atoms with E-state index in [0.29, 0.717) is 21.3 Å². The molecule has 1 aliphatic rings. The van der Waals surface area contributed by atoms with Gasteiger partial charge in [-0.2, -0.15) is 0 Å². The van der Waals surface area contributed by atoms with Gasteiger partial charge in [0.05, 0.1) is 16.7 Å². The summed E-state index contributed by atoms with van der Waals surface area (Å²) < 4.78 is 5.63. The Labute approximate surface area is 173 Å². The standard InChI is InChI=1S/C21H20Cl2N2O3/c1-4-25-20(26)18(16-10-5-13(22)11-17(16)23)19(21(25)27)24-14-6-8-15(9-7-14)28-12(2)3/h5-12,24H,4H2,1-3H3. The first-order valence-corrected chi connectivity index (χ1v) is 9.67. The van der Waals surface area contributed by atoms with Crippen molar-refractivity contribution in [1.82, 2.24) is 4.90 Å². The summed E-state index contributed by atoms with van der Waals surface area (Å²) in [5.41, 5.74) is 1.54. The molecule has 0 saturated carbocycles. The van der Waals surface area contributed by atoms with Gasteiger partial charge >= 0.3 is 0 Å². The van der Waals surface area contributed by atoms with Crippen LogP contribution in [0.4, 0.5) is 5.69 Å². The molecule has 1 N–H and O–H groups in total. The zero-order chi connectivity index (χ0) is 20.4. The van der Waals surface area contributed by atoms with E-state index in [0.717, 1.165) is 5.75 Å². The highest BCUT2D eigenvalue weighted by atomic mass is 35.5. The maximum Gasteiger partial charge on any atom is 0.278 e. The van der Waals surface area contributed by atoms with Crippen LogP contribution >= 0.6 is 23.2 Å². The van der Waals surface area contributed by atoms with Gasteiger partial charge in [0.15, 0.2) is 0 Å². The van der Waals surface area contributed by atoms with Crippen molar-refractivity contribution in [3.05, 3.63) is 63.8 Å². The second-order valence-electron chi connectivity index (χ2n) is 6.54. The zero-order valence-electron chi connectivity index (χ0n) is 15.8. The molecule has 0 spiro atoms. The number of anilines is 1. The number of hydrogen-bond donors (Lipinski definition) is 1. The van der Waals surface area contributed by atoms with Crippen molar-refractivity contribution in [2.75, 3.05) is 11.9 Å². The Bertz CT molecular complexity index is 953. The van der Waals surface area contributed by atoms with Crippen LogP contribution in [0.5, 0.6) is 5.75 Å². The van der Waals surface area contributed by atoms with Gasteiger partial charge in [-0.3, -0.25) is 14.5 Å². The summed E-state index contributed by atoms with van der Waals surface area (Å²) in [5.74, 6) is -0.0606. The Balaban J connectivity index is 2.01. The van der Waals surface area contributed by atoms with Crippen molar-refractivity contribution in [3.8, 4) is 5.75 Å². The molecule has 0 radical (unpaired) electrons. The van der Waals surface area contributed by atoms with Crippen LogP contribution < -0.4 is 10.1 Å². The molecule has 2 amide bonds. The van der Waals surface area contributed by atoms with Crippen molar-refractivity contribution in [3.63, 3.8) is 0 Å². The largest absolute Gasteiger partial charge is 0.491 e. The number of imide groups is 1. The Morgan fingerprint density at radius 2 is 1.71 bits per heavy atom. The number of benzene rings is 2. The Morgan fingerprint density at radius 1 is 1.04 bits per heavy atom. The first kappa shape index (κ1) is 20.2. The van der Waals surface area contributed by atoms with Crippen LogP contribution in [0.25, 0.3) is 5.57 Å². The highest BCUT2D eigenvalue weighted by molar-refractivity contribution is 6.41. The quantitative estimate of drug-likeness (QED) is 0.670. The van der Waals surface area contributed by atoms with E-state index in [4.69, 9.17) is 27.9 Å². The van der Waals surface area contributed by atoms with Gasteiger partial charge in [0.25, 0.3) is 11.8 Å². The second-order valence-corrected chi connectivity index (χ2v) is 7.39. The van der Waals surface area contributed by atoms with Crippen LogP contribution in [0, 0.1) is 0 Å². The molecule has 0 unspecified atom stereocenters. The molecule has 28 heavy (non-hydrogen) atoms. The molecule has 146 valence electrons. The Hall–Kier alpha value is -2.50. The fourth-order valence-electron chi connectivity index (χ4n) is 2.95. The van der Waals surface area contributed by atoms with Gasteiger partial charge in [-0.25, -0.2) is 0 Å². The number of nitrogens with one attached hydrogen (secondary N) is 1. The molecule has 2 aromatic carbocycles. The first-order valence-electron chi connectivity index (χ1n) is 8.91. The van der Waals surface area contributed by atoms with Crippen molar-refractivity contribution >= 4 is 46.3 Å². The van der Waals surface area contributed by atoms with E-state index in [9.17, 15) is 9.59 Å².